The maximum atomic E-state index is 8.99. The van der Waals surface area contributed by atoms with Gasteiger partial charge in [-0.05, 0) is 21.6 Å². The Morgan fingerprint density at radius 3 is 1.29 bits per heavy atom. The Labute approximate surface area is 162 Å². The fourth-order valence-electron chi connectivity index (χ4n) is 2.77. The number of thiocarbonyl (C=S) groups is 2. The summed E-state index contributed by atoms with van der Waals surface area (Å²) in [6.07, 6.45) is 0. The van der Waals surface area contributed by atoms with Crippen molar-refractivity contribution < 1.29 is 10.2 Å². The molecule has 0 aromatic heterocycles. The highest BCUT2D eigenvalue weighted by atomic mass is 33.1. The number of nitrogens with zero attached hydrogens (tertiary/aromatic N) is 4. The minimum absolute atomic E-state index is 0.217. The van der Waals surface area contributed by atoms with Crippen molar-refractivity contribution in [2.24, 2.45) is 0 Å². The van der Waals surface area contributed by atoms with Crippen LogP contribution in [0.5, 0.6) is 0 Å². The second kappa shape index (κ2) is 11.1. The fourth-order valence-corrected chi connectivity index (χ4v) is 5.52. The second-order valence-electron chi connectivity index (χ2n) is 5.80. The van der Waals surface area contributed by atoms with Gasteiger partial charge in [-0.25, -0.2) is 0 Å². The third kappa shape index (κ3) is 6.56. The van der Waals surface area contributed by atoms with Crippen LogP contribution in [0.15, 0.2) is 0 Å². The van der Waals surface area contributed by atoms with Crippen LogP contribution in [0.1, 0.15) is 0 Å². The normalized spacial score (nSPS) is 20.4. The van der Waals surface area contributed by atoms with Crippen LogP contribution in [-0.4, -0.2) is 117 Å². The number of hydrogen-bond donors (Lipinski definition) is 2. The average molecular weight is 411 g/mol. The summed E-state index contributed by atoms with van der Waals surface area (Å²) in [6, 6.07) is 0. The summed E-state index contributed by atoms with van der Waals surface area (Å²) < 4.78 is 1.79. The number of aliphatic hydroxyl groups excluding tert-OH is 2. The lowest BCUT2D eigenvalue weighted by Crippen LogP contribution is -2.48. The fraction of sp³-hybridized carbons (Fsp3) is 0.857. The van der Waals surface area contributed by atoms with E-state index in [9.17, 15) is 0 Å². The van der Waals surface area contributed by atoms with Crippen LogP contribution in [0, 0.1) is 0 Å². The van der Waals surface area contributed by atoms with Gasteiger partial charge in [-0.15, -0.1) is 0 Å². The first kappa shape index (κ1) is 20.6. The van der Waals surface area contributed by atoms with Crippen LogP contribution >= 0.6 is 46.0 Å². The first-order chi connectivity index (χ1) is 11.6. The Bertz CT molecular complexity index is 376. The Balaban J connectivity index is 1.64. The van der Waals surface area contributed by atoms with Crippen molar-refractivity contribution in [1.82, 2.24) is 19.6 Å². The summed E-state index contributed by atoms with van der Waals surface area (Å²) in [4.78, 5) is 8.96. The van der Waals surface area contributed by atoms with Gasteiger partial charge in [-0.2, -0.15) is 0 Å². The standard InChI is InChI=1S/C14H26N4O2S4/c19-11-9-15-1-5-17(6-2-15)13(21)23-24-14(22)18-7-3-16(4-8-18)10-12-20/h19-20H,1-12H2. The minimum Gasteiger partial charge on any atom is -0.395 e. The van der Waals surface area contributed by atoms with E-state index in [1.54, 1.807) is 21.6 Å². The molecule has 2 fully saturated rings. The Kier molecular flexibility index (Phi) is 9.56. The van der Waals surface area contributed by atoms with E-state index in [0.29, 0.717) is 0 Å². The lowest BCUT2D eigenvalue weighted by molar-refractivity contribution is 0.149. The molecule has 0 bridgehead atoms. The van der Waals surface area contributed by atoms with E-state index in [4.69, 9.17) is 34.6 Å². The first-order valence-corrected chi connectivity index (χ1v) is 11.2. The van der Waals surface area contributed by atoms with Crippen LogP contribution in [0.3, 0.4) is 0 Å². The summed E-state index contributed by atoms with van der Waals surface area (Å²) in [5, 5.41) is 18.0. The molecular weight excluding hydrogens is 384 g/mol. The molecule has 2 rings (SSSR count). The van der Waals surface area contributed by atoms with Gasteiger partial charge in [-0.1, -0.05) is 24.4 Å². The molecular formula is C14H26N4O2S4. The van der Waals surface area contributed by atoms with Gasteiger partial charge >= 0.3 is 0 Å². The van der Waals surface area contributed by atoms with E-state index in [-0.39, 0.29) is 13.2 Å². The molecule has 2 saturated heterocycles. The molecule has 0 saturated carbocycles. The number of β-amino-alcohol motifs (C(OH)–C–C–N with tert-alkyl or cyclic N) is 2. The van der Waals surface area contributed by atoms with Gasteiger partial charge < -0.3 is 20.0 Å². The molecule has 24 heavy (non-hydrogen) atoms. The van der Waals surface area contributed by atoms with Crippen molar-refractivity contribution in [1.29, 1.82) is 0 Å². The summed E-state index contributed by atoms with van der Waals surface area (Å²) >= 11 is 11.1. The second-order valence-corrected chi connectivity index (χ2v) is 9.20. The van der Waals surface area contributed by atoms with Crippen molar-refractivity contribution in [2.75, 3.05) is 78.7 Å². The molecule has 2 N–H and O–H groups in total. The minimum atomic E-state index is 0.217. The van der Waals surface area contributed by atoms with Crippen molar-refractivity contribution in [3.8, 4) is 0 Å². The van der Waals surface area contributed by atoms with Crippen LogP contribution in [0.25, 0.3) is 0 Å². The maximum absolute atomic E-state index is 8.99. The molecule has 138 valence electrons. The number of hydrogen-bond acceptors (Lipinski definition) is 8. The smallest absolute Gasteiger partial charge is 0.147 e. The van der Waals surface area contributed by atoms with Gasteiger partial charge in [0.2, 0.25) is 0 Å². The predicted octanol–water partition coefficient (Wildman–Crippen LogP) is 0.157. The maximum Gasteiger partial charge on any atom is 0.147 e. The topological polar surface area (TPSA) is 53.4 Å². The Morgan fingerprint density at radius 2 is 1.00 bits per heavy atom. The molecule has 0 aromatic rings. The molecule has 2 aliphatic heterocycles. The Hall–Kier alpha value is 0.320. The van der Waals surface area contributed by atoms with E-state index in [0.717, 1.165) is 74.1 Å². The first-order valence-electron chi connectivity index (χ1n) is 8.23. The molecule has 0 unspecified atom stereocenters. The highest BCUT2D eigenvalue weighted by Gasteiger charge is 2.22. The zero-order valence-electron chi connectivity index (χ0n) is 13.8. The van der Waals surface area contributed by atoms with Gasteiger partial charge in [0, 0.05) is 65.4 Å². The van der Waals surface area contributed by atoms with E-state index >= 15 is 0 Å². The van der Waals surface area contributed by atoms with Crippen molar-refractivity contribution in [3.05, 3.63) is 0 Å². The van der Waals surface area contributed by atoms with E-state index in [1.165, 1.54) is 0 Å². The van der Waals surface area contributed by atoms with Gasteiger partial charge in [0.25, 0.3) is 0 Å². The van der Waals surface area contributed by atoms with Crippen LogP contribution < -0.4 is 0 Å². The third-order valence-corrected chi connectivity index (χ3v) is 8.01. The van der Waals surface area contributed by atoms with E-state index in [1.807, 2.05) is 0 Å². The van der Waals surface area contributed by atoms with Gasteiger partial charge in [-0.3, -0.25) is 9.80 Å². The summed E-state index contributed by atoms with van der Waals surface area (Å²) in [6.45, 7) is 9.38. The zero-order valence-corrected chi connectivity index (χ0v) is 17.1. The quantitative estimate of drug-likeness (QED) is 0.495. The molecule has 10 heteroatoms. The molecule has 0 aromatic carbocycles. The third-order valence-electron chi connectivity index (χ3n) is 4.28. The average Bonchev–Trinajstić information content (AvgIpc) is 2.61. The molecule has 0 amide bonds. The van der Waals surface area contributed by atoms with E-state index < -0.39 is 0 Å². The highest BCUT2D eigenvalue weighted by molar-refractivity contribution is 8.89. The molecule has 2 aliphatic rings. The largest absolute Gasteiger partial charge is 0.395 e. The molecule has 6 nitrogen and oxygen atoms in total. The number of aliphatic hydroxyl groups is 2. The molecule has 2 heterocycles. The van der Waals surface area contributed by atoms with Crippen LogP contribution in [0.2, 0.25) is 0 Å². The van der Waals surface area contributed by atoms with Gasteiger partial charge in [0.15, 0.2) is 0 Å². The summed E-state index contributed by atoms with van der Waals surface area (Å²) in [7, 11) is 3.16. The summed E-state index contributed by atoms with van der Waals surface area (Å²) in [5.41, 5.74) is 0. The number of rotatable bonds is 4. The Morgan fingerprint density at radius 1 is 0.667 bits per heavy atom. The van der Waals surface area contributed by atoms with Crippen molar-refractivity contribution in [3.63, 3.8) is 0 Å². The summed E-state index contributed by atoms with van der Waals surface area (Å²) in [5.74, 6) is 0. The lowest BCUT2D eigenvalue weighted by Gasteiger charge is -2.36. The van der Waals surface area contributed by atoms with E-state index in [2.05, 4.69) is 19.6 Å². The van der Waals surface area contributed by atoms with Crippen molar-refractivity contribution >= 4 is 54.7 Å². The number of piperazine rings is 2. The highest BCUT2D eigenvalue weighted by Crippen LogP contribution is 2.29. The zero-order chi connectivity index (χ0) is 17.4. The lowest BCUT2D eigenvalue weighted by atomic mass is 10.3. The van der Waals surface area contributed by atoms with Gasteiger partial charge in [0.1, 0.15) is 8.64 Å². The SMILES string of the molecule is OCCN1CCN(C(=S)SSC(=S)N2CCN(CCO)CC2)CC1. The molecule has 0 radical (unpaired) electrons. The van der Waals surface area contributed by atoms with Crippen LogP contribution in [0.4, 0.5) is 0 Å². The monoisotopic (exact) mass is 410 g/mol. The molecule has 0 aliphatic carbocycles. The van der Waals surface area contributed by atoms with Crippen LogP contribution in [-0.2, 0) is 0 Å². The van der Waals surface area contributed by atoms with Crippen molar-refractivity contribution in [2.45, 2.75) is 0 Å². The van der Waals surface area contributed by atoms with Gasteiger partial charge in [0.05, 0.1) is 13.2 Å². The molecule has 0 spiro atoms. The molecule has 0 atom stereocenters. The predicted molar refractivity (Wildman–Crippen MR) is 111 cm³/mol.